The quantitative estimate of drug-likeness (QED) is 0.393. The molecule has 1 N–H and O–H groups in total. The first kappa shape index (κ1) is 21.9. The molecule has 5 nitrogen and oxygen atoms in total. The van der Waals surface area contributed by atoms with Crippen LogP contribution in [0.2, 0.25) is 5.02 Å². The van der Waals surface area contributed by atoms with E-state index >= 15 is 0 Å². The number of nitrogens with zero attached hydrogens (tertiary/aromatic N) is 2. The minimum atomic E-state index is -0.0523. The van der Waals surface area contributed by atoms with Crippen LogP contribution in [-0.2, 0) is 24.2 Å². The van der Waals surface area contributed by atoms with Crippen LogP contribution in [0.1, 0.15) is 17.0 Å². The average Bonchev–Trinajstić information content (AvgIpc) is 3.14. The SMILES string of the molecule is Cc1ccc(OCCn2c(CCNC(=O)Cc3ccccc3Cl)nc3ccccc32)cc1. The lowest BCUT2D eigenvalue weighted by atomic mass is 10.1. The first-order chi connectivity index (χ1) is 15.6. The van der Waals surface area contributed by atoms with Crippen LogP contribution in [-0.4, -0.2) is 28.6 Å². The first-order valence-electron chi connectivity index (χ1n) is 10.7. The lowest BCUT2D eigenvalue weighted by Crippen LogP contribution is -2.28. The number of hydrogen-bond acceptors (Lipinski definition) is 3. The lowest BCUT2D eigenvalue weighted by molar-refractivity contribution is -0.120. The van der Waals surface area contributed by atoms with E-state index in [1.54, 1.807) is 6.07 Å². The van der Waals surface area contributed by atoms with Crippen molar-refractivity contribution in [3.05, 3.63) is 94.8 Å². The maximum Gasteiger partial charge on any atom is 0.224 e. The highest BCUT2D eigenvalue weighted by Crippen LogP contribution is 2.18. The van der Waals surface area contributed by atoms with Crippen molar-refractivity contribution in [2.75, 3.05) is 13.2 Å². The number of para-hydroxylation sites is 2. The van der Waals surface area contributed by atoms with Crippen molar-refractivity contribution in [3.63, 3.8) is 0 Å². The van der Waals surface area contributed by atoms with Crippen LogP contribution in [0.3, 0.4) is 0 Å². The average molecular weight is 448 g/mol. The van der Waals surface area contributed by atoms with Crippen molar-refractivity contribution in [1.29, 1.82) is 0 Å². The van der Waals surface area contributed by atoms with Crippen LogP contribution in [0.5, 0.6) is 5.75 Å². The Morgan fingerprint density at radius 1 is 1.03 bits per heavy atom. The van der Waals surface area contributed by atoms with Gasteiger partial charge >= 0.3 is 0 Å². The molecule has 0 radical (unpaired) electrons. The number of aryl methyl sites for hydroxylation is 1. The van der Waals surface area contributed by atoms with Crippen LogP contribution in [0.4, 0.5) is 0 Å². The Morgan fingerprint density at radius 2 is 1.78 bits per heavy atom. The van der Waals surface area contributed by atoms with Gasteiger partial charge in [0, 0.05) is 18.0 Å². The van der Waals surface area contributed by atoms with Gasteiger partial charge in [0.25, 0.3) is 0 Å². The molecule has 4 rings (SSSR count). The number of halogens is 1. The highest BCUT2D eigenvalue weighted by molar-refractivity contribution is 6.31. The zero-order valence-electron chi connectivity index (χ0n) is 18.1. The van der Waals surface area contributed by atoms with Crippen molar-refractivity contribution in [1.82, 2.24) is 14.9 Å². The third-order valence-electron chi connectivity index (χ3n) is 5.32. The van der Waals surface area contributed by atoms with Crippen LogP contribution < -0.4 is 10.1 Å². The second kappa shape index (κ2) is 10.3. The second-order valence-corrected chi connectivity index (χ2v) is 8.11. The van der Waals surface area contributed by atoms with Gasteiger partial charge in [-0.3, -0.25) is 4.79 Å². The molecular weight excluding hydrogens is 422 g/mol. The van der Waals surface area contributed by atoms with Crippen molar-refractivity contribution < 1.29 is 9.53 Å². The molecule has 0 atom stereocenters. The maximum absolute atomic E-state index is 12.3. The van der Waals surface area contributed by atoms with Gasteiger partial charge in [-0.2, -0.15) is 0 Å². The molecular formula is C26H26ClN3O2. The van der Waals surface area contributed by atoms with E-state index in [0.29, 0.717) is 31.1 Å². The number of aromatic nitrogens is 2. The maximum atomic E-state index is 12.3. The Bertz CT molecular complexity index is 1200. The molecule has 0 aliphatic heterocycles. The molecule has 1 amide bonds. The normalized spacial score (nSPS) is 10.9. The van der Waals surface area contributed by atoms with Gasteiger partial charge in [0.05, 0.1) is 24.0 Å². The number of carbonyl (C=O) groups excluding carboxylic acids is 1. The lowest BCUT2D eigenvalue weighted by Gasteiger charge is -2.12. The van der Waals surface area contributed by atoms with E-state index in [2.05, 4.69) is 22.9 Å². The summed E-state index contributed by atoms with van der Waals surface area (Å²) < 4.78 is 8.10. The number of carbonyl (C=O) groups is 1. The summed E-state index contributed by atoms with van der Waals surface area (Å²) in [6, 6.07) is 23.5. The Kier molecular flexibility index (Phi) is 7.07. The summed E-state index contributed by atoms with van der Waals surface area (Å²) in [5.41, 5.74) is 4.04. The van der Waals surface area contributed by atoms with Crippen LogP contribution in [0.15, 0.2) is 72.8 Å². The van der Waals surface area contributed by atoms with Gasteiger partial charge in [-0.05, 0) is 42.8 Å². The summed E-state index contributed by atoms with van der Waals surface area (Å²) >= 11 is 6.16. The summed E-state index contributed by atoms with van der Waals surface area (Å²) in [6.07, 6.45) is 0.897. The number of hydrogen-bond donors (Lipinski definition) is 1. The van der Waals surface area contributed by atoms with Crippen molar-refractivity contribution in [2.45, 2.75) is 26.3 Å². The molecule has 3 aromatic carbocycles. The molecule has 0 spiro atoms. The third kappa shape index (κ3) is 5.48. The van der Waals surface area contributed by atoms with Crippen LogP contribution in [0.25, 0.3) is 11.0 Å². The van der Waals surface area contributed by atoms with Crippen LogP contribution >= 0.6 is 11.6 Å². The molecule has 164 valence electrons. The molecule has 0 bridgehead atoms. The van der Waals surface area contributed by atoms with Gasteiger partial charge in [0.1, 0.15) is 18.2 Å². The third-order valence-corrected chi connectivity index (χ3v) is 5.69. The van der Waals surface area contributed by atoms with E-state index in [9.17, 15) is 4.79 Å². The molecule has 1 aromatic heterocycles. The highest BCUT2D eigenvalue weighted by atomic mass is 35.5. The second-order valence-electron chi connectivity index (χ2n) is 7.70. The predicted molar refractivity (Wildman–Crippen MR) is 128 cm³/mol. The van der Waals surface area contributed by atoms with Gasteiger partial charge in [0.15, 0.2) is 0 Å². The minimum Gasteiger partial charge on any atom is -0.492 e. The summed E-state index contributed by atoms with van der Waals surface area (Å²) in [7, 11) is 0. The van der Waals surface area contributed by atoms with E-state index in [-0.39, 0.29) is 12.3 Å². The Labute approximate surface area is 193 Å². The topological polar surface area (TPSA) is 56.1 Å². The molecule has 0 saturated carbocycles. The van der Waals surface area contributed by atoms with Crippen LogP contribution in [0, 0.1) is 6.92 Å². The summed E-state index contributed by atoms with van der Waals surface area (Å²) in [5, 5.41) is 3.59. The fourth-order valence-electron chi connectivity index (χ4n) is 3.65. The van der Waals surface area contributed by atoms with E-state index < -0.39 is 0 Å². The number of fused-ring (bicyclic) bond motifs is 1. The summed E-state index contributed by atoms with van der Waals surface area (Å²) in [4.78, 5) is 17.1. The zero-order chi connectivity index (χ0) is 22.3. The van der Waals surface area contributed by atoms with Gasteiger partial charge in [0.2, 0.25) is 5.91 Å². The fraction of sp³-hybridized carbons (Fsp3) is 0.231. The Morgan fingerprint density at radius 3 is 2.59 bits per heavy atom. The molecule has 1 heterocycles. The number of ether oxygens (including phenoxy) is 1. The van der Waals surface area contributed by atoms with E-state index in [4.69, 9.17) is 21.3 Å². The molecule has 0 unspecified atom stereocenters. The largest absolute Gasteiger partial charge is 0.492 e. The van der Waals surface area contributed by atoms with Crippen molar-refractivity contribution in [3.8, 4) is 5.75 Å². The molecule has 6 heteroatoms. The van der Waals surface area contributed by atoms with E-state index in [0.717, 1.165) is 28.2 Å². The van der Waals surface area contributed by atoms with Gasteiger partial charge < -0.3 is 14.6 Å². The zero-order valence-corrected chi connectivity index (χ0v) is 18.8. The summed E-state index contributed by atoms with van der Waals surface area (Å²) in [6.45, 7) is 3.78. The Balaban J connectivity index is 1.38. The fourth-order valence-corrected chi connectivity index (χ4v) is 3.85. The molecule has 0 aliphatic rings. The first-order valence-corrected chi connectivity index (χ1v) is 11.1. The number of rotatable bonds is 9. The number of nitrogens with one attached hydrogen (secondary N) is 1. The standard InChI is InChI=1S/C26H26ClN3O2/c1-19-10-12-21(13-11-19)32-17-16-30-24-9-5-4-8-23(24)29-25(30)14-15-28-26(31)18-20-6-2-3-7-22(20)27/h2-13H,14-18H2,1H3,(H,28,31). The highest BCUT2D eigenvalue weighted by Gasteiger charge is 2.12. The number of benzene rings is 3. The molecule has 0 fully saturated rings. The van der Waals surface area contributed by atoms with Gasteiger partial charge in [-0.25, -0.2) is 4.98 Å². The minimum absolute atomic E-state index is 0.0523. The number of amides is 1. The smallest absolute Gasteiger partial charge is 0.224 e. The van der Waals surface area contributed by atoms with E-state index in [1.165, 1.54) is 5.56 Å². The van der Waals surface area contributed by atoms with Gasteiger partial charge in [-0.1, -0.05) is 59.6 Å². The monoisotopic (exact) mass is 447 g/mol. The molecule has 4 aromatic rings. The van der Waals surface area contributed by atoms with Crippen molar-refractivity contribution >= 4 is 28.5 Å². The predicted octanol–water partition coefficient (Wildman–Crippen LogP) is 4.98. The Hall–Kier alpha value is -3.31. The van der Waals surface area contributed by atoms with Gasteiger partial charge in [-0.15, -0.1) is 0 Å². The van der Waals surface area contributed by atoms with E-state index in [1.807, 2.05) is 60.7 Å². The molecule has 0 saturated heterocycles. The summed E-state index contributed by atoms with van der Waals surface area (Å²) in [5.74, 6) is 1.73. The molecule has 0 aliphatic carbocycles. The van der Waals surface area contributed by atoms with Crippen molar-refractivity contribution in [2.24, 2.45) is 0 Å². The number of imidazole rings is 1. The molecule has 32 heavy (non-hydrogen) atoms.